The molecule has 0 saturated carbocycles. The van der Waals surface area contributed by atoms with Crippen LogP contribution in [0.25, 0.3) is 0 Å². The topological polar surface area (TPSA) is 53.3 Å². The average molecular weight is 307 g/mol. The van der Waals surface area contributed by atoms with E-state index in [1.807, 2.05) is 6.92 Å². The number of carbonyl (C=O) groups excluding carboxylic acids is 1. The van der Waals surface area contributed by atoms with Crippen molar-refractivity contribution in [2.45, 2.75) is 32.8 Å². The summed E-state index contributed by atoms with van der Waals surface area (Å²) in [5, 5.41) is 9.69. The Morgan fingerprint density at radius 1 is 1.48 bits per heavy atom. The molecular formula is C16H19ClN2O2. The van der Waals surface area contributed by atoms with Crippen molar-refractivity contribution in [3.05, 3.63) is 29.3 Å². The Labute approximate surface area is 130 Å². The summed E-state index contributed by atoms with van der Waals surface area (Å²) in [6.07, 6.45) is 0.855. The number of rotatable bonds is 3. The Bertz CT molecular complexity index is 560. The van der Waals surface area contributed by atoms with Crippen molar-refractivity contribution in [2.75, 3.05) is 13.1 Å². The van der Waals surface area contributed by atoms with Gasteiger partial charge in [-0.2, -0.15) is 5.26 Å². The number of halogens is 1. The minimum Gasteiger partial charge on any atom is -0.481 e. The van der Waals surface area contributed by atoms with Gasteiger partial charge in [-0.05, 0) is 44.9 Å². The summed E-state index contributed by atoms with van der Waals surface area (Å²) in [5.74, 6) is 0.539. The molecule has 0 N–H and O–H groups in total. The molecule has 2 rings (SSSR count). The van der Waals surface area contributed by atoms with Gasteiger partial charge in [0.25, 0.3) is 5.91 Å². The fourth-order valence-corrected chi connectivity index (χ4v) is 2.56. The second-order valence-corrected chi connectivity index (χ2v) is 6.15. The Hall–Kier alpha value is -1.73. The number of hydrogen-bond donors (Lipinski definition) is 0. The van der Waals surface area contributed by atoms with Gasteiger partial charge >= 0.3 is 0 Å². The molecule has 112 valence electrons. The van der Waals surface area contributed by atoms with Crippen LogP contribution in [0.5, 0.6) is 5.75 Å². The zero-order chi connectivity index (χ0) is 15.5. The molecule has 1 saturated heterocycles. The third-order valence-corrected chi connectivity index (χ3v) is 4.14. The SMILES string of the molecule is CC(Oc1cccc(Cl)c1)C(=O)N1CCC(C)(C#N)CC1. The maximum Gasteiger partial charge on any atom is 0.263 e. The number of carbonyl (C=O) groups is 1. The molecule has 1 heterocycles. The van der Waals surface area contributed by atoms with Gasteiger partial charge in [0.15, 0.2) is 6.10 Å². The van der Waals surface area contributed by atoms with Crippen LogP contribution in [0.2, 0.25) is 5.02 Å². The van der Waals surface area contributed by atoms with Crippen molar-refractivity contribution in [2.24, 2.45) is 5.41 Å². The molecule has 5 heteroatoms. The van der Waals surface area contributed by atoms with E-state index >= 15 is 0 Å². The van der Waals surface area contributed by atoms with Crippen LogP contribution in [0.15, 0.2) is 24.3 Å². The van der Waals surface area contributed by atoms with Crippen molar-refractivity contribution >= 4 is 17.5 Å². The number of benzene rings is 1. The summed E-state index contributed by atoms with van der Waals surface area (Å²) in [6.45, 7) is 4.89. The van der Waals surface area contributed by atoms with Gasteiger partial charge in [0.05, 0.1) is 11.5 Å². The molecule has 0 aromatic heterocycles. The molecule has 1 fully saturated rings. The Morgan fingerprint density at radius 3 is 2.71 bits per heavy atom. The second-order valence-electron chi connectivity index (χ2n) is 5.72. The fraction of sp³-hybridized carbons (Fsp3) is 0.500. The number of ether oxygens (including phenoxy) is 1. The molecule has 21 heavy (non-hydrogen) atoms. The van der Waals surface area contributed by atoms with Crippen LogP contribution in [0, 0.1) is 16.7 Å². The highest BCUT2D eigenvalue weighted by Gasteiger charge is 2.33. The molecule has 1 aliphatic heterocycles. The minimum atomic E-state index is -0.560. The minimum absolute atomic E-state index is 0.0463. The van der Waals surface area contributed by atoms with E-state index < -0.39 is 6.10 Å². The second kappa shape index (κ2) is 6.36. The lowest BCUT2D eigenvalue weighted by molar-refractivity contribution is -0.139. The largest absolute Gasteiger partial charge is 0.481 e. The summed E-state index contributed by atoms with van der Waals surface area (Å²) in [7, 11) is 0. The molecule has 1 aliphatic rings. The highest BCUT2D eigenvalue weighted by atomic mass is 35.5. The van der Waals surface area contributed by atoms with Crippen LogP contribution in [0.4, 0.5) is 0 Å². The third-order valence-electron chi connectivity index (χ3n) is 3.91. The highest BCUT2D eigenvalue weighted by Crippen LogP contribution is 2.30. The zero-order valence-corrected chi connectivity index (χ0v) is 13.1. The van der Waals surface area contributed by atoms with Crippen molar-refractivity contribution < 1.29 is 9.53 Å². The zero-order valence-electron chi connectivity index (χ0n) is 12.3. The quantitative estimate of drug-likeness (QED) is 0.861. The first-order chi connectivity index (χ1) is 9.93. The van der Waals surface area contributed by atoms with E-state index in [0.717, 1.165) is 0 Å². The number of nitrogens with zero attached hydrogens (tertiary/aromatic N) is 2. The van der Waals surface area contributed by atoms with E-state index in [9.17, 15) is 4.79 Å². The van der Waals surface area contributed by atoms with Crippen LogP contribution in [-0.2, 0) is 4.79 Å². The maximum absolute atomic E-state index is 12.4. The van der Waals surface area contributed by atoms with Crippen LogP contribution in [-0.4, -0.2) is 30.0 Å². The number of hydrogen-bond acceptors (Lipinski definition) is 3. The van der Waals surface area contributed by atoms with Gasteiger partial charge in [0.1, 0.15) is 5.75 Å². The Kier molecular flexibility index (Phi) is 4.74. The number of likely N-dealkylation sites (tertiary alicyclic amines) is 1. The lowest BCUT2D eigenvalue weighted by Gasteiger charge is -2.36. The van der Waals surface area contributed by atoms with Gasteiger partial charge in [-0.1, -0.05) is 17.7 Å². The third kappa shape index (κ3) is 3.89. The normalized spacial score (nSPS) is 18.7. The summed E-state index contributed by atoms with van der Waals surface area (Å²) >= 11 is 5.90. The van der Waals surface area contributed by atoms with Crippen LogP contribution >= 0.6 is 11.6 Å². The molecular weight excluding hydrogens is 288 g/mol. The summed E-state index contributed by atoms with van der Waals surface area (Å²) in [4.78, 5) is 14.1. The van der Waals surface area contributed by atoms with E-state index in [1.54, 1.807) is 36.1 Å². The fourth-order valence-electron chi connectivity index (χ4n) is 2.38. The summed E-state index contributed by atoms with van der Waals surface area (Å²) < 4.78 is 5.65. The van der Waals surface area contributed by atoms with Gasteiger partial charge in [0.2, 0.25) is 0 Å². The number of amides is 1. The molecule has 4 nitrogen and oxygen atoms in total. The maximum atomic E-state index is 12.4. The van der Waals surface area contributed by atoms with Gasteiger partial charge in [-0.25, -0.2) is 0 Å². The van der Waals surface area contributed by atoms with Gasteiger partial charge < -0.3 is 9.64 Å². The van der Waals surface area contributed by atoms with E-state index in [0.29, 0.717) is 36.7 Å². The highest BCUT2D eigenvalue weighted by molar-refractivity contribution is 6.30. The first kappa shape index (κ1) is 15.7. The Morgan fingerprint density at radius 2 is 2.14 bits per heavy atom. The van der Waals surface area contributed by atoms with Gasteiger partial charge in [-0.3, -0.25) is 4.79 Å². The van der Waals surface area contributed by atoms with Crippen LogP contribution in [0.3, 0.4) is 0 Å². The van der Waals surface area contributed by atoms with E-state index in [1.165, 1.54) is 0 Å². The van der Waals surface area contributed by atoms with Crippen molar-refractivity contribution in [1.29, 1.82) is 5.26 Å². The van der Waals surface area contributed by atoms with Crippen LogP contribution in [0.1, 0.15) is 26.7 Å². The average Bonchev–Trinajstić information content (AvgIpc) is 2.47. The summed E-state index contributed by atoms with van der Waals surface area (Å²) in [6, 6.07) is 9.34. The van der Waals surface area contributed by atoms with Gasteiger partial charge in [0, 0.05) is 18.1 Å². The molecule has 0 radical (unpaired) electrons. The molecule has 1 atom stereocenters. The van der Waals surface area contributed by atoms with Crippen molar-refractivity contribution in [3.63, 3.8) is 0 Å². The molecule has 1 amide bonds. The van der Waals surface area contributed by atoms with Crippen molar-refractivity contribution in [1.82, 2.24) is 4.90 Å². The van der Waals surface area contributed by atoms with E-state index in [4.69, 9.17) is 21.6 Å². The predicted octanol–water partition coefficient (Wildman–Crippen LogP) is 3.26. The molecule has 1 aromatic carbocycles. The first-order valence-electron chi connectivity index (χ1n) is 7.06. The number of nitriles is 1. The van der Waals surface area contributed by atoms with E-state index in [-0.39, 0.29) is 11.3 Å². The molecule has 1 aromatic rings. The van der Waals surface area contributed by atoms with Crippen molar-refractivity contribution in [3.8, 4) is 11.8 Å². The predicted molar refractivity (Wildman–Crippen MR) is 81.1 cm³/mol. The standard InChI is InChI=1S/C16H19ClN2O2/c1-12(21-14-5-3-4-13(17)10-14)15(20)19-8-6-16(2,11-18)7-9-19/h3-5,10,12H,6-9H2,1-2H3. The number of piperidine rings is 1. The lowest BCUT2D eigenvalue weighted by atomic mass is 9.82. The lowest BCUT2D eigenvalue weighted by Crippen LogP contribution is -2.46. The smallest absolute Gasteiger partial charge is 0.263 e. The monoisotopic (exact) mass is 306 g/mol. The molecule has 0 aliphatic carbocycles. The van der Waals surface area contributed by atoms with Gasteiger partial charge in [-0.15, -0.1) is 0 Å². The molecule has 0 bridgehead atoms. The van der Waals surface area contributed by atoms with E-state index in [2.05, 4.69) is 6.07 Å². The Balaban J connectivity index is 1.93. The first-order valence-corrected chi connectivity index (χ1v) is 7.44. The summed E-state index contributed by atoms with van der Waals surface area (Å²) in [5.41, 5.74) is -0.312. The molecule has 1 unspecified atom stereocenters. The van der Waals surface area contributed by atoms with Crippen LogP contribution < -0.4 is 4.74 Å². The molecule has 0 spiro atoms.